The number of thioether (sulfide) groups is 1. The van der Waals surface area contributed by atoms with E-state index in [0.717, 1.165) is 33.9 Å². The molecule has 1 unspecified atom stereocenters. The largest absolute Gasteiger partial charge is 0.401 e. The molecule has 2 amide bonds. The van der Waals surface area contributed by atoms with Crippen molar-refractivity contribution in [2.24, 2.45) is 16.9 Å². The third-order valence-electron chi connectivity index (χ3n) is 5.72. The zero-order chi connectivity index (χ0) is 23.3. The van der Waals surface area contributed by atoms with Crippen LogP contribution < -0.4 is 16.8 Å². The van der Waals surface area contributed by atoms with Gasteiger partial charge in [0.15, 0.2) is 0 Å². The summed E-state index contributed by atoms with van der Waals surface area (Å²) >= 11 is 1.72. The van der Waals surface area contributed by atoms with Crippen LogP contribution in [-0.2, 0) is 9.59 Å². The molecule has 6 nitrogen and oxygen atoms in total. The Morgan fingerprint density at radius 2 is 1.87 bits per heavy atom. The Morgan fingerprint density at radius 3 is 2.39 bits per heavy atom. The van der Waals surface area contributed by atoms with Gasteiger partial charge in [-0.25, -0.2) is 0 Å². The van der Waals surface area contributed by atoms with Crippen molar-refractivity contribution in [3.05, 3.63) is 41.1 Å². The second-order valence-electron chi connectivity index (χ2n) is 9.33. The molecule has 0 saturated carbocycles. The highest BCUT2D eigenvalue weighted by molar-refractivity contribution is 8.08. The molecule has 2 rings (SSSR count). The van der Waals surface area contributed by atoms with Crippen LogP contribution >= 0.6 is 11.8 Å². The Bertz CT molecular complexity index is 810. The number of carbonyl (C=O) groups excluding carboxylic acids is 2. The van der Waals surface area contributed by atoms with Gasteiger partial charge >= 0.3 is 0 Å². The molecule has 7 heteroatoms. The lowest BCUT2D eigenvalue weighted by Crippen LogP contribution is -2.55. The molecule has 1 aromatic carbocycles. The number of carbonyl (C=O) groups is 2. The van der Waals surface area contributed by atoms with E-state index in [1.54, 1.807) is 16.7 Å². The van der Waals surface area contributed by atoms with E-state index in [-0.39, 0.29) is 23.3 Å². The first-order chi connectivity index (χ1) is 14.5. The van der Waals surface area contributed by atoms with Gasteiger partial charge in [0.05, 0.1) is 12.1 Å². The third-order valence-corrected chi connectivity index (χ3v) is 6.85. The summed E-state index contributed by atoms with van der Waals surface area (Å²) in [4.78, 5) is 28.6. The van der Waals surface area contributed by atoms with Crippen molar-refractivity contribution in [3.63, 3.8) is 0 Å². The first-order valence-corrected chi connectivity index (χ1v) is 12.0. The van der Waals surface area contributed by atoms with Crippen molar-refractivity contribution in [1.82, 2.24) is 10.2 Å². The molecule has 1 aliphatic heterocycles. The van der Waals surface area contributed by atoms with Gasteiger partial charge in [-0.1, -0.05) is 52.0 Å². The maximum atomic E-state index is 13.0. The second-order valence-corrected chi connectivity index (χ2v) is 10.6. The molecule has 1 aromatic rings. The summed E-state index contributed by atoms with van der Waals surface area (Å²) in [6.45, 7) is 12.4. The summed E-state index contributed by atoms with van der Waals surface area (Å²) in [7, 11) is 0. The number of benzene rings is 1. The fourth-order valence-corrected chi connectivity index (χ4v) is 4.56. The lowest BCUT2D eigenvalue weighted by molar-refractivity contribution is -0.141. The van der Waals surface area contributed by atoms with Crippen molar-refractivity contribution < 1.29 is 9.59 Å². The van der Waals surface area contributed by atoms with Crippen LogP contribution in [0.25, 0.3) is 4.91 Å². The van der Waals surface area contributed by atoms with Crippen LogP contribution in [0.5, 0.6) is 0 Å². The monoisotopic (exact) mass is 446 g/mol. The van der Waals surface area contributed by atoms with E-state index in [1.165, 1.54) is 0 Å². The molecule has 3 atom stereocenters. The minimum absolute atomic E-state index is 0.122. The van der Waals surface area contributed by atoms with E-state index >= 15 is 0 Å². The summed E-state index contributed by atoms with van der Waals surface area (Å²) in [6.07, 6.45) is 1.48. The molecule has 172 valence electrons. The number of amides is 2. The normalized spacial score (nSPS) is 19.6. The average molecular weight is 447 g/mol. The standard InChI is InChI=1S/C24H38N4O2S/c1-7-31-20(15(2)25)18-12-10-17(11-13-18)16(3)27-22(29)19-9-8-14-28(19)23(30)21(26)24(4,5)6/h10-13,16,19,21H,7-9,14,25-26H2,1-6H3,(H,27,29)/b20-15-/t16?,19-,21+/m0/s1. The van der Waals surface area contributed by atoms with E-state index in [1.807, 2.05) is 58.9 Å². The number of likely N-dealkylation sites (tertiary alicyclic amines) is 1. The van der Waals surface area contributed by atoms with Crippen LogP contribution in [0.2, 0.25) is 0 Å². The van der Waals surface area contributed by atoms with Crippen molar-refractivity contribution in [3.8, 4) is 0 Å². The lowest BCUT2D eigenvalue weighted by atomic mass is 9.86. The molecule has 0 aromatic heterocycles. The summed E-state index contributed by atoms with van der Waals surface area (Å²) < 4.78 is 0. The Morgan fingerprint density at radius 1 is 1.26 bits per heavy atom. The first-order valence-electron chi connectivity index (χ1n) is 11.0. The highest BCUT2D eigenvalue weighted by Crippen LogP contribution is 2.30. The van der Waals surface area contributed by atoms with E-state index in [0.29, 0.717) is 13.0 Å². The van der Waals surface area contributed by atoms with Crippen LogP contribution in [0, 0.1) is 5.41 Å². The topological polar surface area (TPSA) is 101 Å². The molecule has 0 aliphatic carbocycles. The van der Waals surface area contributed by atoms with Crippen molar-refractivity contribution >= 4 is 28.5 Å². The van der Waals surface area contributed by atoms with E-state index in [9.17, 15) is 9.59 Å². The minimum Gasteiger partial charge on any atom is -0.401 e. The molecule has 1 fully saturated rings. The minimum atomic E-state index is -0.625. The highest BCUT2D eigenvalue weighted by Gasteiger charge is 2.39. The van der Waals surface area contributed by atoms with Crippen LogP contribution in [0.4, 0.5) is 0 Å². The molecule has 1 saturated heterocycles. The molecular formula is C24H38N4O2S. The van der Waals surface area contributed by atoms with Crippen LogP contribution in [0.3, 0.4) is 0 Å². The first kappa shape index (κ1) is 25.3. The van der Waals surface area contributed by atoms with Crippen molar-refractivity contribution in [1.29, 1.82) is 0 Å². The van der Waals surface area contributed by atoms with Gasteiger partial charge in [0.2, 0.25) is 11.8 Å². The van der Waals surface area contributed by atoms with Gasteiger partial charge in [0, 0.05) is 17.1 Å². The molecule has 1 aliphatic rings. The predicted molar refractivity (Wildman–Crippen MR) is 130 cm³/mol. The number of nitrogens with zero attached hydrogens (tertiary/aromatic N) is 1. The van der Waals surface area contributed by atoms with Gasteiger partial charge in [0.25, 0.3) is 0 Å². The van der Waals surface area contributed by atoms with Gasteiger partial charge in [0.1, 0.15) is 6.04 Å². The van der Waals surface area contributed by atoms with Crippen LogP contribution in [0.1, 0.15) is 71.6 Å². The fourth-order valence-electron chi connectivity index (χ4n) is 3.74. The number of hydrogen-bond acceptors (Lipinski definition) is 5. The summed E-state index contributed by atoms with van der Waals surface area (Å²) in [5.41, 5.74) is 14.8. The smallest absolute Gasteiger partial charge is 0.243 e. The average Bonchev–Trinajstić information content (AvgIpc) is 3.20. The number of allylic oxidation sites excluding steroid dienone is 1. The van der Waals surface area contributed by atoms with Crippen LogP contribution in [0.15, 0.2) is 30.0 Å². The maximum Gasteiger partial charge on any atom is 0.243 e. The second kappa shape index (κ2) is 10.6. The lowest BCUT2D eigenvalue weighted by Gasteiger charge is -2.33. The molecule has 0 spiro atoms. The van der Waals surface area contributed by atoms with E-state index in [4.69, 9.17) is 11.5 Å². The van der Waals surface area contributed by atoms with E-state index in [2.05, 4.69) is 12.2 Å². The Balaban J connectivity index is 2.08. The van der Waals surface area contributed by atoms with Crippen molar-refractivity contribution in [2.75, 3.05) is 12.3 Å². The zero-order valence-electron chi connectivity index (χ0n) is 19.7. The molecule has 31 heavy (non-hydrogen) atoms. The number of hydrogen-bond donors (Lipinski definition) is 3. The molecule has 0 radical (unpaired) electrons. The molecule has 0 bridgehead atoms. The number of nitrogens with one attached hydrogen (secondary N) is 1. The van der Waals surface area contributed by atoms with Gasteiger partial charge < -0.3 is 21.7 Å². The molecule has 5 N–H and O–H groups in total. The predicted octanol–water partition coefficient (Wildman–Crippen LogP) is 3.63. The Hall–Kier alpha value is -1.99. The number of rotatable bonds is 7. The quantitative estimate of drug-likeness (QED) is 0.594. The molecular weight excluding hydrogens is 408 g/mol. The number of nitrogens with two attached hydrogens (primary N) is 2. The Labute approximate surface area is 191 Å². The highest BCUT2D eigenvalue weighted by atomic mass is 32.2. The third kappa shape index (κ3) is 6.26. The van der Waals surface area contributed by atoms with Crippen LogP contribution in [-0.4, -0.2) is 41.1 Å². The fraction of sp³-hybridized carbons (Fsp3) is 0.583. The van der Waals surface area contributed by atoms with Gasteiger partial charge in [-0.05, 0) is 49.0 Å². The van der Waals surface area contributed by atoms with Gasteiger partial charge in [-0.2, -0.15) is 0 Å². The van der Waals surface area contributed by atoms with Crippen molar-refractivity contribution in [2.45, 2.75) is 72.5 Å². The summed E-state index contributed by atoms with van der Waals surface area (Å²) in [6, 6.07) is 6.87. The SMILES string of the molecule is CCS/C(=C(/C)N)c1ccc(C(C)NC(=O)[C@@H]2CCCN2C(=O)[C@@H](N)C(C)(C)C)cc1. The molecule has 1 heterocycles. The maximum absolute atomic E-state index is 13.0. The van der Waals surface area contributed by atoms with E-state index < -0.39 is 12.1 Å². The van der Waals surface area contributed by atoms with Gasteiger partial charge in [-0.15, -0.1) is 11.8 Å². The Kier molecular flexibility index (Phi) is 8.60. The van der Waals surface area contributed by atoms with Gasteiger partial charge in [-0.3, -0.25) is 9.59 Å². The summed E-state index contributed by atoms with van der Waals surface area (Å²) in [5, 5.41) is 3.08. The zero-order valence-corrected chi connectivity index (χ0v) is 20.5. The summed E-state index contributed by atoms with van der Waals surface area (Å²) in [5.74, 6) is 0.684.